The van der Waals surface area contributed by atoms with E-state index in [2.05, 4.69) is 28.2 Å². The van der Waals surface area contributed by atoms with Gasteiger partial charge < -0.3 is 11.1 Å². The Kier molecular flexibility index (Phi) is 12.8. The molecule has 0 bridgehead atoms. The molecule has 3 nitrogen and oxygen atoms in total. The topological polar surface area (TPSA) is 55.1 Å². The Balaban J connectivity index is 1.72. The van der Waals surface area contributed by atoms with Crippen LogP contribution < -0.4 is 11.1 Å². The fourth-order valence-corrected chi connectivity index (χ4v) is 4.59. The van der Waals surface area contributed by atoms with Gasteiger partial charge in [0.15, 0.2) is 0 Å². The zero-order valence-corrected chi connectivity index (χ0v) is 22.2. The van der Waals surface area contributed by atoms with Crippen LogP contribution in [0.5, 0.6) is 0 Å². The van der Waals surface area contributed by atoms with E-state index in [1.54, 1.807) is 12.1 Å². The number of alkyl halides is 3. The molecule has 0 aromatic heterocycles. The van der Waals surface area contributed by atoms with Gasteiger partial charge in [-0.2, -0.15) is 13.2 Å². The SMILES string of the molecule is CCCCCCCCCCCCNC(=O)c1ccc(CC(N)c2ccc(C(F)(F)F)cc2)c(Br)c1. The first-order valence-electron chi connectivity index (χ1n) is 12.7. The molecule has 2 rings (SSSR count). The van der Waals surface area contributed by atoms with E-state index >= 15 is 0 Å². The van der Waals surface area contributed by atoms with E-state index in [-0.39, 0.29) is 5.91 Å². The standard InChI is InChI=1S/C28H38BrF3N2O/c1-2-3-4-5-6-7-8-9-10-11-18-34-27(35)23-13-12-22(25(29)19-23)20-26(33)21-14-16-24(17-15-21)28(30,31)32/h12-17,19,26H,2-11,18,20,33H2,1H3,(H,34,35). The first-order valence-corrected chi connectivity index (χ1v) is 13.5. The second-order valence-corrected chi connectivity index (χ2v) is 10.0. The van der Waals surface area contributed by atoms with Crippen molar-refractivity contribution >= 4 is 21.8 Å². The molecule has 35 heavy (non-hydrogen) atoms. The van der Waals surface area contributed by atoms with Crippen molar-refractivity contribution in [3.05, 3.63) is 69.2 Å². The van der Waals surface area contributed by atoms with Crippen molar-refractivity contribution in [3.63, 3.8) is 0 Å². The molecular formula is C28H38BrF3N2O. The first kappa shape index (κ1) is 29.4. The van der Waals surface area contributed by atoms with Crippen LogP contribution in [0.1, 0.15) is 104 Å². The van der Waals surface area contributed by atoms with E-state index < -0.39 is 17.8 Å². The lowest BCUT2D eigenvalue weighted by Crippen LogP contribution is -2.24. The number of benzene rings is 2. The number of nitrogens with two attached hydrogens (primary N) is 1. The summed E-state index contributed by atoms with van der Waals surface area (Å²) in [5.74, 6) is -0.111. The van der Waals surface area contributed by atoms with Gasteiger partial charge in [0.2, 0.25) is 0 Å². The van der Waals surface area contributed by atoms with Crippen LogP contribution >= 0.6 is 15.9 Å². The van der Waals surface area contributed by atoms with Crippen LogP contribution in [0.3, 0.4) is 0 Å². The van der Waals surface area contributed by atoms with E-state index in [0.717, 1.165) is 35.0 Å². The monoisotopic (exact) mass is 554 g/mol. The first-order chi connectivity index (χ1) is 16.7. The van der Waals surface area contributed by atoms with Gasteiger partial charge in [-0.05, 0) is 48.2 Å². The van der Waals surface area contributed by atoms with Crippen LogP contribution in [0, 0.1) is 0 Å². The molecule has 1 unspecified atom stereocenters. The molecule has 0 spiro atoms. The van der Waals surface area contributed by atoms with Crippen molar-refractivity contribution in [2.45, 2.75) is 89.8 Å². The minimum Gasteiger partial charge on any atom is -0.352 e. The predicted octanol–water partition coefficient (Wildman–Crippen LogP) is 8.36. The molecule has 0 saturated carbocycles. The zero-order chi connectivity index (χ0) is 25.7. The second kappa shape index (κ2) is 15.3. The van der Waals surface area contributed by atoms with Gasteiger partial charge in [0.25, 0.3) is 5.91 Å². The van der Waals surface area contributed by atoms with E-state index in [1.807, 2.05) is 6.07 Å². The molecule has 2 aromatic carbocycles. The number of halogens is 4. The number of amides is 1. The van der Waals surface area contributed by atoms with Gasteiger partial charge in [-0.1, -0.05) is 98.8 Å². The maximum Gasteiger partial charge on any atom is 0.416 e. The minimum absolute atomic E-state index is 0.111. The molecule has 0 radical (unpaired) electrons. The van der Waals surface area contributed by atoms with Gasteiger partial charge in [-0.25, -0.2) is 0 Å². The highest BCUT2D eigenvalue weighted by Crippen LogP contribution is 2.30. The summed E-state index contributed by atoms with van der Waals surface area (Å²) in [6.07, 6.45) is 8.61. The molecule has 1 amide bonds. The van der Waals surface area contributed by atoms with Gasteiger partial charge in [-0.3, -0.25) is 4.79 Å². The lowest BCUT2D eigenvalue weighted by Gasteiger charge is -2.15. The Hall–Kier alpha value is -1.86. The fourth-order valence-electron chi connectivity index (χ4n) is 4.04. The maximum atomic E-state index is 12.8. The summed E-state index contributed by atoms with van der Waals surface area (Å²) in [5.41, 5.74) is 7.62. The summed E-state index contributed by atoms with van der Waals surface area (Å²) >= 11 is 3.51. The van der Waals surface area contributed by atoms with E-state index in [9.17, 15) is 18.0 Å². The molecule has 3 N–H and O–H groups in total. The van der Waals surface area contributed by atoms with Crippen molar-refractivity contribution in [3.8, 4) is 0 Å². The quantitative estimate of drug-likeness (QED) is 0.217. The summed E-state index contributed by atoms with van der Waals surface area (Å²) < 4.78 is 39.0. The number of rotatable bonds is 15. The highest BCUT2D eigenvalue weighted by Gasteiger charge is 2.30. The molecule has 0 fully saturated rings. The summed E-state index contributed by atoms with van der Waals surface area (Å²) in [5, 5.41) is 2.98. The van der Waals surface area contributed by atoms with Crippen LogP contribution in [0.15, 0.2) is 46.9 Å². The minimum atomic E-state index is -4.37. The third-order valence-corrected chi connectivity index (χ3v) is 6.98. The van der Waals surface area contributed by atoms with Crippen molar-refractivity contribution in [1.29, 1.82) is 0 Å². The van der Waals surface area contributed by atoms with Crippen LogP contribution in [-0.2, 0) is 12.6 Å². The Labute approximate surface area is 216 Å². The Morgan fingerprint density at radius 2 is 1.49 bits per heavy atom. The van der Waals surface area contributed by atoms with Crippen molar-refractivity contribution in [2.75, 3.05) is 6.54 Å². The summed E-state index contributed by atoms with van der Waals surface area (Å²) in [7, 11) is 0. The maximum absolute atomic E-state index is 12.8. The molecule has 2 aromatic rings. The zero-order valence-electron chi connectivity index (χ0n) is 20.6. The van der Waals surface area contributed by atoms with Gasteiger partial charge in [0.1, 0.15) is 0 Å². The number of unbranched alkanes of at least 4 members (excludes halogenated alkanes) is 9. The van der Waals surface area contributed by atoms with Crippen LogP contribution in [0.2, 0.25) is 0 Å². The lowest BCUT2D eigenvalue weighted by atomic mass is 9.98. The summed E-state index contributed by atoms with van der Waals surface area (Å²) in [4.78, 5) is 12.5. The van der Waals surface area contributed by atoms with Crippen molar-refractivity contribution in [1.82, 2.24) is 5.32 Å². The third-order valence-electron chi connectivity index (χ3n) is 6.24. The summed E-state index contributed by atoms with van der Waals surface area (Å²) in [6, 6.07) is 9.83. The van der Waals surface area contributed by atoms with Crippen molar-refractivity contribution < 1.29 is 18.0 Å². The fraction of sp³-hybridized carbons (Fsp3) is 0.536. The predicted molar refractivity (Wildman–Crippen MR) is 140 cm³/mol. The van der Waals surface area contributed by atoms with Crippen LogP contribution in [0.25, 0.3) is 0 Å². The number of carbonyl (C=O) groups is 1. The molecule has 1 atom stereocenters. The molecule has 0 saturated heterocycles. The number of carbonyl (C=O) groups excluding carboxylic acids is 1. The molecule has 0 aliphatic heterocycles. The Bertz CT molecular complexity index is 900. The second-order valence-electron chi connectivity index (χ2n) is 9.17. The van der Waals surface area contributed by atoms with E-state index in [4.69, 9.17) is 5.73 Å². The molecule has 0 aliphatic carbocycles. The smallest absolute Gasteiger partial charge is 0.352 e. The van der Waals surface area contributed by atoms with Gasteiger partial charge >= 0.3 is 6.18 Å². The normalized spacial score (nSPS) is 12.5. The van der Waals surface area contributed by atoms with E-state index in [1.165, 1.54) is 63.5 Å². The van der Waals surface area contributed by atoms with Crippen LogP contribution in [-0.4, -0.2) is 12.5 Å². The van der Waals surface area contributed by atoms with Crippen LogP contribution in [0.4, 0.5) is 13.2 Å². The highest BCUT2D eigenvalue weighted by atomic mass is 79.9. The molecule has 194 valence electrons. The molecule has 0 aliphatic rings. The van der Waals surface area contributed by atoms with Gasteiger partial charge in [0, 0.05) is 22.6 Å². The van der Waals surface area contributed by atoms with Gasteiger partial charge in [-0.15, -0.1) is 0 Å². The number of hydrogen-bond acceptors (Lipinski definition) is 2. The summed E-state index contributed by atoms with van der Waals surface area (Å²) in [6.45, 7) is 2.89. The highest BCUT2D eigenvalue weighted by molar-refractivity contribution is 9.10. The molecule has 0 heterocycles. The van der Waals surface area contributed by atoms with Gasteiger partial charge in [0.05, 0.1) is 5.56 Å². The van der Waals surface area contributed by atoms with E-state index in [0.29, 0.717) is 24.1 Å². The number of nitrogens with one attached hydrogen (secondary N) is 1. The molecular weight excluding hydrogens is 517 g/mol. The number of hydrogen-bond donors (Lipinski definition) is 2. The van der Waals surface area contributed by atoms with Crippen molar-refractivity contribution in [2.24, 2.45) is 5.73 Å². The average molecular weight is 556 g/mol. The Morgan fingerprint density at radius 3 is 2.03 bits per heavy atom. The average Bonchev–Trinajstić information content (AvgIpc) is 2.83. The molecule has 7 heteroatoms. The third kappa shape index (κ3) is 10.7. The lowest BCUT2D eigenvalue weighted by molar-refractivity contribution is -0.137. The largest absolute Gasteiger partial charge is 0.416 e. The Morgan fingerprint density at radius 1 is 0.914 bits per heavy atom.